The van der Waals surface area contributed by atoms with Crippen LogP contribution < -0.4 is 5.32 Å². The standard InChI is InChI=1S/C16H13F2N3OS/c1-9-7-12(10(2)21(9)16-19-5-6-23-16)15(22)20-14-4-3-11(17)8-13(14)18/h3-8H,1-2H3,(H,20,22). The number of nitrogens with zero attached hydrogens (tertiary/aromatic N) is 2. The van der Waals surface area contributed by atoms with Crippen LogP contribution in [0.2, 0.25) is 0 Å². The molecule has 0 saturated carbocycles. The Morgan fingerprint density at radius 1 is 1.26 bits per heavy atom. The second kappa shape index (κ2) is 5.92. The molecule has 0 aliphatic heterocycles. The van der Waals surface area contributed by atoms with E-state index in [0.29, 0.717) is 11.3 Å². The maximum atomic E-state index is 13.7. The van der Waals surface area contributed by atoms with Crippen LogP contribution in [0.15, 0.2) is 35.8 Å². The summed E-state index contributed by atoms with van der Waals surface area (Å²) in [5.74, 6) is -1.96. The molecule has 2 heterocycles. The molecular weight excluding hydrogens is 320 g/mol. The molecule has 0 atom stereocenters. The van der Waals surface area contributed by atoms with E-state index in [1.807, 2.05) is 16.9 Å². The van der Waals surface area contributed by atoms with E-state index >= 15 is 0 Å². The minimum Gasteiger partial charge on any atom is -0.319 e. The van der Waals surface area contributed by atoms with Crippen LogP contribution in [0, 0.1) is 25.5 Å². The zero-order chi connectivity index (χ0) is 16.6. The summed E-state index contributed by atoms with van der Waals surface area (Å²) in [4.78, 5) is 16.6. The van der Waals surface area contributed by atoms with Gasteiger partial charge in [-0.25, -0.2) is 13.8 Å². The molecule has 1 N–H and O–H groups in total. The van der Waals surface area contributed by atoms with Gasteiger partial charge in [0.1, 0.15) is 11.6 Å². The lowest BCUT2D eigenvalue weighted by molar-refractivity contribution is 0.102. The van der Waals surface area contributed by atoms with Gasteiger partial charge in [-0.05, 0) is 32.0 Å². The van der Waals surface area contributed by atoms with Gasteiger partial charge in [-0.15, -0.1) is 11.3 Å². The number of benzene rings is 1. The predicted octanol–water partition coefficient (Wildman–Crippen LogP) is 4.08. The number of amides is 1. The number of thiazole rings is 1. The Labute approximate surface area is 135 Å². The van der Waals surface area contributed by atoms with Gasteiger partial charge < -0.3 is 5.32 Å². The maximum absolute atomic E-state index is 13.7. The summed E-state index contributed by atoms with van der Waals surface area (Å²) in [7, 11) is 0. The van der Waals surface area contributed by atoms with Crippen LogP contribution in [0.4, 0.5) is 14.5 Å². The number of carbonyl (C=O) groups is 1. The molecule has 0 unspecified atom stereocenters. The molecule has 3 rings (SSSR count). The highest BCUT2D eigenvalue weighted by molar-refractivity contribution is 7.12. The lowest BCUT2D eigenvalue weighted by atomic mass is 10.2. The third kappa shape index (κ3) is 2.87. The summed E-state index contributed by atoms with van der Waals surface area (Å²) in [5.41, 5.74) is 1.91. The average molecular weight is 333 g/mol. The first-order valence-corrected chi connectivity index (χ1v) is 7.70. The Balaban J connectivity index is 1.93. The molecular formula is C16H13F2N3OS. The highest BCUT2D eigenvalue weighted by atomic mass is 32.1. The third-order valence-electron chi connectivity index (χ3n) is 3.47. The number of carbonyl (C=O) groups excluding carboxylic acids is 1. The minimum atomic E-state index is -0.813. The van der Waals surface area contributed by atoms with Gasteiger partial charge in [0.25, 0.3) is 5.91 Å². The van der Waals surface area contributed by atoms with Crippen molar-refractivity contribution in [2.75, 3.05) is 5.32 Å². The van der Waals surface area contributed by atoms with Gasteiger partial charge in [0, 0.05) is 29.0 Å². The van der Waals surface area contributed by atoms with E-state index in [2.05, 4.69) is 10.3 Å². The minimum absolute atomic E-state index is 0.0598. The average Bonchev–Trinajstić information content (AvgIpc) is 3.10. The van der Waals surface area contributed by atoms with E-state index in [-0.39, 0.29) is 5.69 Å². The van der Waals surface area contributed by atoms with E-state index < -0.39 is 17.5 Å². The summed E-state index contributed by atoms with van der Waals surface area (Å²) < 4.78 is 28.5. The fourth-order valence-electron chi connectivity index (χ4n) is 2.39. The third-order valence-corrected chi connectivity index (χ3v) is 4.22. The van der Waals surface area contributed by atoms with E-state index in [1.165, 1.54) is 17.4 Å². The lowest BCUT2D eigenvalue weighted by Gasteiger charge is -2.07. The maximum Gasteiger partial charge on any atom is 0.257 e. The molecule has 3 aromatic rings. The van der Waals surface area contributed by atoms with Crippen molar-refractivity contribution < 1.29 is 13.6 Å². The molecule has 0 bridgehead atoms. The zero-order valence-electron chi connectivity index (χ0n) is 12.4. The Morgan fingerprint density at radius 3 is 2.70 bits per heavy atom. The Hall–Kier alpha value is -2.54. The van der Waals surface area contributed by atoms with Gasteiger partial charge in [0.2, 0.25) is 0 Å². The largest absolute Gasteiger partial charge is 0.319 e. The van der Waals surface area contributed by atoms with E-state index in [9.17, 15) is 13.6 Å². The van der Waals surface area contributed by atoms with Crippen LogP contribution in [0.5, 0.6) is 0 Å². The van der Waals surface area contributed by atoms with E-state index in [0.717, 1.165) is 23.0 Å². The first-order chi connectivity index (χ1) is 11.0. The molecule has 0 saturated heterocycles. The molecule has 23 heavy (non-hydrogen) atoms. The van der Waals surface area contributed by atoms with Crippen LogP contribution in [0.25, 0.3) is 5.13 Å². The molecule has 2 aromatic heterocycles. The molecule has 0 spiro atoms. The first kappa shape index (κ1) is 15.4. The quantitative estimate of drug-likeness (QED) is 0.785. The van der Waals surface area contributed by atoms with Crippen molar-refractivity contribution in [3.8, 4) is 5.13 Å². The molecule has 0 fully saturated rings. The topological polar surface area (TPSA) is 46.9 Å². The van der Waals surface area contributed by atoms with Crippen LogP contribution in [-0.4, -0.2) is 15.5 Å². The van der Waals surface area contributed by atoms with Gasteiger partial charge in [0.05, 0.1) is 11.3 Å². The second-order valence-electron chi connectivity index (χ2n) is 5.01. The molecule has 4 nitrogen and oxygen atoms in total. The van der Waals surface area contributed by atoms with Crippen molar-refractivity contribution in [2.24, 2.45) is 0 Å². The van der Waals surface area contributed by atoms with Crippen molar-refractivity contribution >= 4 is 22.9 Å². The van der Waals surface area contributed by atoms with Gasteiger partial charge in [0.15, 0.2) is 5.13 Å². The number of rotatable bonds is 3. The Kier molecular flexibility index (Phi) is 3.96. The van der Waals surface area contributed by atoms with Crippen LogP contribution in [-0.2, 0) is 0 Å². The number of hydrogen-bond donors (Lipinski definition) is 1. The first-order valence-electron chi connectivity index (χ1n) is 6.82. The van der Waals surface area contributed by atoms with Crippen molar-refractivity contribution in [3.05, 3.63) is 64.4 Å². The molecule has 0 radical (unpaired) electrons. The molecule has 1 amide bonds. The van der Waals surface area contributed by atoms with Crippen LogP contribution in [0.3, 0.4) is 0 Å². The molecule has 0 aliphatic rings. The normalized spacial score (nSPS) is 10.8. The fourth-order valence-corrected chi connectivity index (χ4v) is 3.15. The van der Waals surface area contributed by atoms with Crippen molar-refractivity contribution in [3.63, 3.8) is 0 Å². The second-order valence-corrected chi connectivity index (χ2v) is 5.89. The molecule has 118 valence electrons. The number of aryl methyl sites for hydroxylation is 1. The number of nitrogens with one attached hydrogen (secondary N) is 1. The Bertz CT molecular complexity index is 872. The lowest BCUT2D eigenvalue weighted by Crippen LogP contribution is -2.14. The van der Waals surface area contributed by atoms with Gasteiger partial charge in [-0.2, -0.15) is 0 Å². The number of aromatic nitrogens is 2. The van der Waals surface area contributed by atoms with E-state index in [1.54, 1.807) is 19.2 Å². The smallest absolute Gasteiger partial charge is 0.257 e. The predicted molar refractivity (Wildman–Crippen MR) is 85.2 cm³/mol. The number of anilines is 1. The SMILES string of the molecule is Cc1cc(C(=O)Nc2ccc(F)cc2F)c(C)n1-c1nccs1. The monoisotopic (exact) mass is 333 g/mol. The van der Waals surface area contributed by atoms with Crippen molar-refractivity contribution in [1.82, 2.24) is 9.55 Å². The highest BCUT2D eigenvalue weighted by Gasteiger charge is 2.18. The number of halogens is 2. The summed E-state index contributed by atoms with van der Waals surface area (Å²) >= 11 is 1.46. The van der Waals surface area contributed by atoms with E-state index in [4.69, 9.17) is 0 Å². The van der Waals surface area contributed by atoms with Crippen LogP contribution >= 0.6 is 11.3 Å². The van der Waals surface area contributed by atoms with Crippen molar-refractivity contribution in [1.29, 1.82) is 0 Å². The molecule has 0 aliphatic carbocycles. The summed E-state index contributed by atoms with van der Waals surface area (Å²) in [5, 5.41) is 5.07. The number of hydrogen-bond acceptors (Lipinski definition) is 3. The molecule has 1 aromatic carbocycles. The van der Waals surface area contributed by atoms with Gasteiger partial charge in [-0.3, -0.25) is 9.36 Å². The zero-order valence-corrected chi connectivity index (χ0v) is 13.2. The van der Waals surface area contributed by atoms with Crippen molar-refractivity contribution in [2.45, 2.75) is 13.8 Å². The summed E-state index contributed by atoms with van der Waals surface area (Å²) in [6.07, 6.45) is 1.69. The Morgan fingerprint density at radius 2 is 2.04 bits per heavy atom. The highest BCUT2D eigenvalue weighted by Crippen LogP contribution is 2.23. The van der Waals surface area contributed by atoms with Crippen LogP contribution in [0.1, 0.15) is 21.7 Å². The molecule has 7 heteroatoms. The summed E-state index contributed by atoms with van der Waals surface area (Å²) in [6.45, 7) is 3.66. The van der Waals surface area contributed by atoms with Gasteiger partial charge in [-0.1, -0.05) is 0 Å². The fraction of sp³-hybridized carbons (Fsp3) is 0.125. The van der Waals surface area contributed by atoms with Gasteiger partial charge >= 0.3 is 0 Å². The summed E-state index contributed by atoms with van der Waals surface area (Å²) in [6, 6.07) is 4.74.